The van der Waals surface area contributed by atoms with Crippen LogP contribution in [0.15, 0.2) is 18.5 Å². The third-order valence-electron chi connectivity index (χ3n) is 5.63. The zero-order chi connectivity index (χ0) is 17.0. The van der Waals surface area contributed by atoms with Gasteiger partial charge in [0.1, 0.15) is 5.54 Å². The molecule has 3 heterocycles. The molecule has 134 valence electrons. The minimum atomic E-state index is -0.527. The second-order valence-corrected chi connectivity index (χ2v) is 7.54. The molecule has 1 unspecified atom stereocenters. The molecule has 1 aromatic heterocycles. The van der Waals surface area contributed by atoms with Crippen LogP contribution in [0, 0.1) is 5.92 Å². The van der Waals surface area contributed by atoms with Gasteiger partial charge in [0.25, 0.3) is 0 Å². The molecule has 1 aromatic rings. The predicted molar refractivity (Wildman–Crippen MR) is 94.7 cm³/mol. The monoisotopic (exact) mass is 333 g/mol. The predicted octanol–water partition coefficient (Wildman–Crippen LogP) is 1.20. The van der Waals surface area contributed by atoms with Gasteiger partial charge in [0.15, 0.2) is 0 Å². The fourth-order valence-electron chi connectivity index (χ4n) is 4.06. The van der Waals surface area contributed by atoms with E-state index in [1.165, 1.54) is 19.4 Å². The average molecular weight is 333 g/mol. The Kier molecular flexibility index (Phi) is 5.56. The summed E-state index contributed by atoms with van der Waals surface area (Å²) in [6.45, 7) is 9.28. The van der Waals surface area contributed by atoms with E-state index in [9.17, 15) is 4.79 Å². The smallest absolute Gasteiger partial charge is 0.248 e. The molecule has 0 bridgehead atoms. The normalized spacial score (nSPS) is 24.9. The lowest BCUT2D eigenvalue weighted by molar-refractivity contribution is -0.132. The minimum Gasteiger partial charge on any atom is -0.354 e. The first-order valence-electron chi connectivity index (χ1n) is 9.35. The van der Waals surface area contributed by atoms with E-state index in [4.69, 9.17) is 0 Å². The van der Waals surface area contributed by atoms with Crippen molar-refractivity contribution in [1.82, 2.24) is 25.3 Å². The molecule has 0 aromatic carbocycles. The Labute approximate surface area is 145 Å². The zero-order valence-electron chi connectivity index (χ0n) is 15.0. The van der Waals surface area contributed by atoms with Gasteiger partial charge >= 0.3 is 0 Å². The van der Waals surface area contributed by atoms with E-state index >= 15 is 0 Å². The number of piperidine rings is 2. The maximum atomic E-state index is 13.1. The number of aromatic nitrogens is 2. The number of carbonyl (C=O) groups is 1. The molecule has 6 heteroatoms. The average Bonchev–Trinajstić information content (AvgIpc) is 3.15. The van der Waals surface area contributed by atoms with Crippen LogP contribution in [0.4, 0.5) is 0 Å². The van der Waals surface area contributed by atoms with E-state index in [0.717, 1.165) is 39.0 Å². The standard InChI is InChI=1S/C18H31N5O/c1-15(2)22-11-3-5-16(14-22)13-20-17(24)18(6-9-19-10-7-18)23-12-4-8-21-23/h4,8,12,15-16,19H,3,5-7,9-11,13-14H2,1-2H3,(H,20,24). The third-order valence-corrected chi connectivity index (χ3v) is 5.63. The molecule has 0 spiro atoms. The number of carbonyl (C=O) groups excluding carboxylic acids is 1. The van der Waals surface area contributed by atoms with Gasteiger partial charge in [-0.15, -0.1) is 0 Å². The highest BCUT2D eigenvalue weighted by atomic mass is 16.2. The van der Waals surface area contributed by atoms with Crippen LogP contribution in [0.3, 0.4) is 0 Å². The Morgan fingerprint density at radius 3 is 2.88 bits per heavy atom. The van der Waals surface area contributed by atoms with Crippen molar-refractivity contribution in [2.24, 2.45) is 5.92 Å². The van der Waals surface area contributed by atoms with E-state index in [1.807, 2.05) is 16.9 Å². The van der Waals surface area contributed by atoms with E-state index in [2.05, 4.69) is 34.5 Å². The van der Waals surface area contributed by atoms with Crippen LogP contribution in [0.5, 0.6) is 0 Å². The van der Waals surface area contributed by atoms with Crippen molar-refractivity contribution in [3.05, 3.63) is 18.5 Å². The molecule has 2 aliphatic heterocycles. The second kappa shape index (κ2) is 7.66. The SMILES string of the molecule is CC(C)N1CCCC(CNC(=O)C2(n3cccn3)CCNCC2)C1. The molecule has 24 heavy (non-hydrogen) atoms. The van der Waals surface area contributed by atoms with Gasteiger partial charge < -0.3 is 15.5 Å². The Balaban J connectivity index is 1.62. The Hall–Kier alpha value is -1.40. The van der Waals surface area contributed by atoms with E-state index in [-0.39, 0.29) is 5.91 Å². The summed E-state index contributed by atoms with van der Waals surface area (Å²) in [5, 5.41) is 11.0. The van der Waals surface area contributed by atoms with Gasteiger partial charge in [0.2, 0.25) is 5.91 Å². The van der Waals surface area contributed by atoms with Crippen LogP contribution < -0.4 is 10.6 Å². The number of rotatable bonds is 5. The van der Waals surface area contributed by atoms with Crippen LogP contribution in [0.2, 0.25) is 0 Å². The molecule has 2 saturated heterocycles. The van der Waals surface area contributed by atoms with Gasteiger partial charge in [-0.05, 0) is 71.1 Å². The lowest BCUT2D eigenvalue weighted by atomic mass is 9.87. The molecule has 1 amide bonds. The first-order valence-corrected chi connectivity index (χ1v) is 9.35. The Bertz CT molecular complexity index is 522. The lowest BCUT2D eigenvalue weighted by Gasteiger charge is -2.38. The first-order chi connectivity index (χ1) is 11.6. The summed E-state index contributed by atoms with van der Waals surface area (Å²) in [7, 11) is 0. The minimum absolute atomic E-state index is 0.134. The maximum absolute atomic E-state index is 13.1. The molecule has 3 rings (SSSR count). The molecule has 1 atom stereocenters. The van der Waals surface area contributed by atoms with Crippen LogP contribution in [0.25, 0.3) is 0 Å². The highest BCUT2D eigenvalue weighted by Gasteiger charge is 2.42. The maximum Gasteiger partial charge on any atom is 0.248 e. The van der Waals surface area contributed by atoms with Crippen molar-refractivity contribution in [2.75, 3.05) is 32.7 Å². The number of hydrogen-bond donors (Lipinski definition) is 2. The summed E-state index contributed by atoms with van der Waals surface area (Å²) in [6, 6.07) is 2.49. The fourth-order valence-corrected chi connectivity index (χ4v) is 4.06. The van der Waals surface area contributed by atoms with Gasteiger partial charge in [0, 0.05) is 31.5 Å². The van der Waals surface area contributed by atoms with Crippen molar-refractivity contribution in [1.29, 1.82) is 0 Å². The van der Waals surface area contributed by atoms with Gasteiger partial charge in [0.05, 0.1) is 0 Å². The number of amides is 1. The largest absolute Gasteiger partial charge is 0.354 e. The van der Waals surface area contributed by atoms with Gasteiger partial charge in [-0.3, -0.25) is 9.48 Å². The van der Waals surface area contributed by atoms with E-state index < -0.39 is 5.54 Å². The lowest BCUT2D eigenvalue weighted by Crippen LogP contribution is -2.55. The highest BCUT2D eigenvalue weighted by Crippen LogP contribution is 2.27. The van der Waals surface area contributed by atoms with Crippen molar-refractivity contribution < 1.29 is 4.79 Å². The molecule has 0 radical (unpaired) electrons. The Morgan fingerprint density at radius 2 is 2.21 bits per heavy atom. The molecule has 2 aliphatic rings. The van der Waals surface area contributed by atoms with E-state index in [1.54, 1.807) is 6.20 Å². The number of nitrogens with one attached hydrogen (secondary N) is 2. The fraction of sp³-hybridized carbons (Fsp3) is 0.778. The van der Waals surface area contributed by atoms with Crippen LogP contribution in [-0.4, -0.2) is 59.4 Å². The summed E-state index contributed by atoms with van der Waals surface area (Å²) in [6.07, 6.45) is 7.71. The number of hydrogen-bond acceptors (Lipinski definition) is 4. The summed E-state index contributed by atoms with van der Waals surface area (Å²) in [5.74, 6) is 0.691. The van der Waals surface area contributed by atoms with Gasteiger partial charge in [-0.2, -0.15) is 5.10 Å². The molecule has 6 nitrogen and oxygen atoms in total. The van der Waals surface area contributed by atoms with Gasteiger partial charge in [-0.25, -0.2) is 0 Å². The molecule has 2 N–H and O–H groups in total. The number of likely N-dealkylation sites (tertiary alicyclic amines) is 1. The highest BCUT2D eigenvalue weighted by molar-refractivity contribution is 5.84. The molecular formula is C18H31N5O. The van der Waals surface area contributed by atoms with Crippen LogP contribution in [-0.2, 0) is 10.3 Å². The van der Waals surface area contributed by atoms with Crippen LogP contribution in [0.1, 0.15) is 39.5 Å². The molecule has 2 fully saturated rings. The molecule has 0 saturated carbocycles. The summed E-state index contributed by atoms with van der Waals surface area (Å²) in [5.41, 5.74) is -0.527. The Morgan fingerprint density at radius 1 is 1.42 bits per heavy atom. The van der Waals surface area contributed by atoms with Crippen molar-refractivity contribution >= 4 is 5.91 Å². The summed E-state index contributed by atoms with van der Waals surface area (Å²) in [4.78, 5) is 15.6. The zero-order valence-corrected chi connectivity index (χ0v) is 15.0. The van der Waals surface area contributed by atoms with Crippen molar-refractivity contribution in [2.45, 2.75) is 51.1 Å². The summed E-state index contributed by atoms with van der Waals surface area (Å²) >= 11 is 0. The van der Waals surface area contributed by atoms with Gasteiger partial charge in [-0.1, -0.05) is 0 Å². The quantitative estimate of drug-likeness (QED) is 0.850. The third kappa shape index (κ3) is 3.64. The van der Waals surface area contributed by atoms with Crippen molar-refractivity contribution in [3.8, 4) is 0 Å². The molecular weight excluding hydrogens is 302 g/mol. The second-order valence-electron chi connectivity index (χ2n) is 7.54. The summed E-state index contributed by atoms with van der Waals surface area (Å²) < 4.78 is 1.87. The number of nitrogens with zero attached hydrogens (tertiary/aromatic N) is 3. The van der Waals surface area contributed by atoms with Crippen LogP contribution >= 0.6 is 0 Å². The first kappa shape index (κ1) is 17.4. The molecule has 0 aliphatic carbocycles. The topological polar surface area (TPSA) is 62.2 Å². The van der Waals surface area contributed by atoms with E-state index in [0.29, 0.717) is 12.0 Å². The van der Waals surface area contributed by atoms with Crippen molar-refractivity contribution in [3.63, 3.8) is 0 Å².